The second-order valence-corrected chi connectivity index (χ2v) is 11.5. The Morgan fingerprint density at radius 2 is 1.56 bits per heavy atom. The summed E-state index contributed by atoms with van der Waals surface area (Å²) in [5, 5.41) is 5.42. The molecule has 0 radical (unpaired) electrons. The predicted molar refractivity (Wildman–Crippen MR) is 142 cm³/mol. The number of allylic oxidation sites excluding steroid dienone is 2. The van der Waals surface area contributed by atoms with E-state index >= 15 is 0 Å². The molecule has 2 amide bonds. The number of ether oxygens (including phenoxy) is 1. The van der Waals surface area contributed by atoms with E-state index in [0.29, 0.717) is 6.61 Å². The van der Waals surface area contributed by atoms with Crippen molar-refractivity contribution in [1.29, 1.82) is 0 Å². The molecule has 2 fully saturated rings. The van der Waals surface area contributed by atoms with E-state index in [2.05, 4.69) is 78.4 Å². The zero-order valence-corrected chi connectivity index (χ0v) is 22.8. The molecule has 3 aliphatic carbocycles. The Morgan fingerprint density at radius 3 is 2.09 bits per heavy atom. The summed E-state index contributed by atoms with van der Waals surface area (Å²) in [6.45, 7) is 0.475. The van der Waals surface area contributed by atoms with Gasteiger partial charge >= 0.3 is 0 Å². The molecule has 164 valence electrons. The molecule has 4 atom stereocenters. The van der Waals surface area contributed by atoms with Crippen LogP contribution >= 0.6 is 61.1 Å². The highest BCUT2D eigenvalue weighted by Gasteiger charge is 2.56. The number of nitrogens with zero attached hydrogens (tertiary/aromatic N) is 2. The molecule has 4 aliphatic rings. The highest BCUT2D eigenvalue weighted by molar-refractivity contribution is 14.1. The molecule has 2 aromatic rings. The molecule has 0 spiro atoms. The third-order valence-corrected chi connectivity index (χ3v) is 8.51. The lowest BCUT2D eigenvalue weighted by Gasteiger charge is -2.37. The lowest BCUT2D eigenvalue weighted by molar-refractivity contribution is -0.140. The van der Waals surface area contributed by atoms with Gasteiger partial charge in [-0.15, -0.1) is 0 Å². The smallest absolute Gasteiger partial charge is 0.254 e. The highest BCUT2D eigenvalue weighted by Crippen LogP contribution is 2.49. The highest BCUT2D eigenvalue weighted by atomic mass is 127. The summed E-state index contributed by atoms with van der Waals surface area (Å²) >= 11 is 7.92. The fourth-order valence-electron chi connectivity index (χ4n) is 4.82. The van der Waals surface area contributed by atoms with Crippen LogP contribution in [0.4, 0.5) is 0 Å². The average Bonchev–Trinajstić information content (AvgIpc) is 3.06. The van der Waals surface area contributed by atoms with Gasteiger partial charge in [0.1, 0.15) is 12.4 Å². The number of hydrogen-bond acceptors (Lipinski definition) is 4. The second kappa shape index (κ2) is 9.17. The molecule has 8 heteroatoms. The monoisotopic (exact) mass is 716 g/mol. The number of fused-ring (bicyclic) bond motifs is 1. The van der Waals surface area contributed by atoms with E-state index in [4.69, 9.17) is 4.74 Å². The number of hydrogen-bond donors (Lipinski definition) is 0. The summed E-state index contributed by atoms with van der Waals surface area (Å²) in [5.41, 5.74) is 1.91. The van der Waals surface area contributed by atoms with Crippen LogP contribution in [0.2, 0.25) is 0 Å². The van der Waals surface area contributed by atoms with Gasteiger partial charge in [-0.2, -0.15) is 10.1 Å². The number of hydrazone groups is 1. The fourth-order valence-corrected chi connectivity index (χ4v) is 7.22. The number of carbonyl (C=O) groups excluding carboxylic acids is 2. The lowest BCUT2D eigenvalue weighted by atomic mass is 9.63. The summed E-state index contributed by atoms with van der Waals surface area (Å²) in [7, 11) is 0. The zero-order chi connectivity index (χ0) is 22.4. The van der Waals surface area contributed by atoms with Crippen LogP contribution in [0.25, 0.3) is 0 Å². The van der Waals surface area contributed by atoms with E-state index in [0.717, 1.165) is 46.3 Å². The van der Waals surface area contributed by atoms with Gasteiger partial charge in [-0.25, -0.2) is 0 Å². The Labute approximate surface area is 222 Å². The van der Waals surface area contributed by atoms with Crippen LogP contribution in [0.1, 0.15) is 24.0 Å². The Morgan fingerprint density at radius 1 is 1.00 bits per heavy atom. The maximum Gasteiger partial charge on any atom is 0.254 e. The summed E-state index contributed by atoms with van der Waals surface area (Å²) in [6, 6.07) is 11.9. The van der Waals surface area contributed by atoms with E-state index < -0.39 is 0 Å². The predicted octanol–water partition coefficient (Wildman–Crippen LogP) is 5.77. The standard InChI is InChI=1S/C24H19BrI2N2O3/c25-17-7-1-13(2-8-17)12-32-22-18(26)9-14(10-19(22)27)11-28-29-23(30)20-15-3-4-16(6-5-15)21(20)24(29)31/h1-4,7-11,15-16,20-21H,5-6,12H2/b28-11-/t15-,16-,20-,21+/m0/s1. The molecule has 1 heterocycles. The number of benzene rings is 2. The van der Waals surface area contributed by atoms with Crippen molar-refractivity contribution >= 4 is 79.1 Å². The number of carbonyl (C=O) groups is 2. The van der Waals surface area contributed by atoms with Gasteiger partial charge in [0.25, 0.3) is 11.8 Å². The number of amides is 2. The molecule has 32 heavy (non-hydrogen) atoms. The number of rotatable bonds is 5. The van der Waals surface area contributed by atoms with Crippen LogP contribution in [-0.4, -0.2) is 23.0 Å². The Balaban J connectivity index is 1.31. The first-order chi connectivity index (χ1) is 15.4. The third-order valence-electron chi connectivity index (χ3n) is 6.38. The molecule has 0 aromatic heterocycles. The van der Waals surface area contributed by atoms with Crippen molar-refractivity contribution in [2.75, 3.05) is 0 Å². The SMILES string of the molecule is O=C1[C@@H]2[C@H](C(=O)N1/N=C\c1cc(I)c(OCc3ccc(Br)cc3)c(I)c1)[C@H]1C=C[C@H]2CC1. The Kier molecular flexibility index (Phi) is 6.45. The molecule has 1 aliphatic heterocycles. The first kappa shape index (κ1) is 22.5. The second-order valence-electron chi connectivity index (χ2n) is 8.30. The van der Waals surface area contributed by atoms with Crippen molar-refractivity contribution in [3.63, 3.8) is 0 Å². The summed E-state index contributed by atoms with van der Waals surface area (Å²) < 4.78 is 8.98. The van der Waals surface area contributed by atoms with Crippen LogP contribution in [0, 0.1) is 30.8 Å². The van der Waals surface area contributed by atoms with Gasteiger partial charge in [0.15, 0.2) is 0 Å². The van der Waals surface area contributed by atoms with Gasteiger partial charge in [-0.1, -0.05) is 40.2 Å². The minimum Gasteiger partial charge on any atom is -0.487 e. The lowest BCUT2D eigenvalue weighted by Crippen LogP contribution is -2.38. The summed E-state index contributed by atoms with van der Waals surface area (Å²) in [5.74, 6) is 0.365. The molecule has 1 saturated carbocycles. The molecule has 6 rings (SSSR count). The number of imide groups is 1. The minimum absolute atomic E-state index is 0.158. The van der Waals surface area contributed by atoms with Crippen LogP contribution in [0.5, 0.6) is 5.75 Å². The topological polar surface area (TPSA) is 59.0 Å². The van der Waals surface area contributed by atoms with E-state index in [1.165, 1.54) is 0 Å². The van der Waals surface area contributed by atoms with Crippen molar-refractivity contribution in [2.24, 2.45) is 28.8 Å². The van der Waals surface area contributed by atoms with Crippen molar-refractivity contribution in [3.8, 4) is 5.75 Å². The van der Waals surface area contributed by atoms with Crippen molar-refractivity contribution in [3.05, 3.63) is 71.3 Å². The summed E-state index contributed by atoms with van der Waals surface area (Å²) in [6.07, 6.45) is 7.80. The van der Waals surface area contributed by atoms with Crippen LogP contribution in [0.15, 0.2) is 58.1 Å². The molecule has 2 aromatic carbocycles. The third kappa shape index (κ3) is 4.18. The minimum atomic E-state index is -0.238. The van der Waals surface area contributed by atoms with Crippen LogP contribution in [0.3, 0.4) is 0 Å². The molecule has 2 bridgehead atoms. The largest absolute Gasteiger partial charge is 0.487 e. The van der Waals surface area contributed by atoms with E-state index in [9.17, 15) is 9.59 Å². The van der Waals surface area contributed by atoms with Gasteiger partial charge in [0.05, 0.1) is 25.2 Å². The van der Waals surface area contributed by atoms with Gasteiger partial charge in [-0.05, 0) is 105 Å². The normalized spacial score (nSPS) is 26.3. The Hall–Kier alpha value is -1.27. The zero-order valence-electron chi connectivity index (χ0n) is 16.9. The van der Waals surface area contributed by atoms with E-state index in [1.807, 2.05) is 36.4 Å². The first-order valence-electron chi connectivity index (χ1n) is 10.4. The quantitative estimate of drug-likeness (QED) is 0.171. The van der Waals surface area contributed by atoms with Crippen LogP contribution in [-0.2, 0) is 16.2 Å². The van der Waals surface area contributed by atoms with Gasteiger partial charge in [0.2, 0.25) is 0 Å². The Bertz CT molecular complexity index is 1090. The van der Waals surface area contributed by atoms with Gasteiger partial charge in [0, 0.05) is 4.47 Å². The van der Waals surface area contributed by atoms with Gasteiger partial charge < -0.3 is 4.74 Å². The number of halogens is 3. The average molecular weight is 717 g/mol. The van der Waals surface area contributed by atoms with E-state index in [-0.39, 0.29) is 35.5 Å². The molecule has 0 unspecified atom stereocenters. The van der Waals surface area contributed by atoms with Crippen molar-refractivity contribution in [1.82, 2.24) is 5.01 Å². The van der Waals surface area contributed by atoms with Crippen LogP contribution < -0.4 is 4.74 Å². The molecule has 1 saturated heterocycles. The molecule has 5 nitrogen and oxygen atoms in total. The maximum absolute atomic E-state index is 12.9. The molecule has 0 N–H and O–H groups in total. The van der Waals surface area contributed by atoms with Crippen molar-refractivity contribution in [2.45, 2.75) is 19.4 Å². The van der Waals surface area contributed by atoms with Gasteiger partial charge in [-0.3, -0.25) is 9.59 Å². The van der Waals surface area contributed by atoms with E-state index in [1.54, 1.807) is 6.21 Å². The maximum atomic E-state index is 12.9. The first-order valence-corrected chi connectivity index (χ1v) is 13.3. The molecular formula is C24H19BrI2N2O3. The van der Waals surface area contributed by atoms with Crippen molar-refractivity contribution < 1.29 is 14.3 Å². The fraction of sp³-hybridized carbons (Fsp3) is 0.292. The molecular weight excluding hydrogens is 698 g/mol. The summed E-state index contributed by atoms with van der Waals surface area (Å²) in [4.78, 5) is 25.8.